The molecule has 0 spiro atoms. The fourth-order valence-corrected chi connectivity index (χ4v) is 6.52. The van der Waals surface area contributed by atoms with Crippen LogP contribution in [0.5, 0.6) is 0 Å². The van der Waals surface area contributed by atoms with Gasteiger partial charge in [-0.25, -0.2) is 8.42 Å². The van der Waals surface area contributed by atoms with Crippen molar-refractivity contribution in [2.75, 3.05) is 15.9 Å². The van der Waals surface area contributed by atoms with Crippen molar-refractivity contribution in [2.24, 2.45) is 0 Å². The van der Waals surface area contributed by atoms with Gasteiger partial charge in [-0.15, -0.1) is 0 Å². The maximum atomic E-state index is 11.7. The smallest absolute Gasteiger partial charge is 0.229 e. The zero-order valence-corrected chi connectivity index (χ0v) is 24.4. The third-order valence-corrected chi connectivity index (χ3v) is 8.18. The molecule has 1 aliphatic rings. The molecule has 4 aromatic rings. The molecule has 0 bridgehead atoms. The van der Waals surface area contributed by atoms with Gasteiger partial charge in [0.25, 0.3) is 0 Å². The van der Waals surface area contributed by atoms with Crippen LogP contribution in [-0.4, -0.2) is 29.3 Å². The summed E-state index contributed by atoms with van der Waals surface area (Å²) < 4.78 is 28.3. The molecule has 0 saturated carbocycles. The van der Waals surface area contributed by atoms with Gasteiger partial charge in [-0.3, -0.25) is 9.71 Å². The Hall–Kier alpha value is -3.69. The number of para-hydroxylation sites is 1. The van der Waals surface area contributed by atoms with Crippen molar-refractivity contribution in [3.63, 3.8) is 0 Å². The van der Waals surface area contributed by atoms with E-state index in [0.717, 1.165) is 41.0 Å². The highest BCUT2D eigenvalue weighted by atomic mass is 32.2. The van der Waals surface area contributed by atoms with Crippen LogP contribution in [0.25, 0.3) is 5.69 Å². The molecule has 0 aliphatic carbocycles. The Balaban J connectivity index is 1.66. The molecule has 7 nitrogen and oxygen atoms in total. The fraction of sp³-hybridized carbons (Fsp3) is 0.267. The highest BCUT2D eigenvalue weighted by Crippen LogP contribution is 2.44. The predicted octanol–water partition coefficient (Wildman–Crippen LogP) is 5.91. The molecule has 9 heteroatoms. The molecular formula is C30H33N5O2S2. The van der Waals surface area contributed by atoms with Gasteiger partial charge in [-0.2, -0.15) is 0 Å². The van der Waals surface area contributed by atoms with E-state index in [1.165, 1.54) is 16.8 Å². The largest absolute Gasteiger partial charge is 0.351 e. The third-order valence-electron chi connectivity index (χ3n) is 7.26. The molecule has 0 unspecified atom stereocenters. The second-order valence-electron chi connectivity index (χ2n) is 10.0. The number of aryl methyl sites for hydroxylation is 3. The lowest BCUT2D eigenvalue weighted by Gasteiger charge is -2.28. The summed E-state index contributed by atoms with van der Waals surface area (Å²) in [5.41, 5.74) is 9.48. The first-order valence-electron chi connectivity index (χ1n) is 12.9. The van der Waals surface area contributed by atoms with Crippen LogP contribution < -0.4 is 14.9 Å². The molecule has 1 aliphatic heterocycles. The van der Waals surface area contributed by atoms with Gasteiger partial charge in [0, 0.05) is 29.0 Å². The second-order valence-corrected chi connectivity index (χ2v) is 12.2. The number of hydrogen-bond acceptors (Lipinski definition) is 4. The minimum atomic E-state index is -3.37. The van der Waals surface area contributed by atoms with E-state index in [2.05, 4.69) is 76.5 Å². The first-order valence-corrected chi connectivity index (χ1v) is 15.2. The summed E-state index contributed by atoms with van der Waals surface area (Å²) in [6, 6.07) is 21.6. The third kappa shape index (κ3) is 5.16. The lowest BCUT2D eigenvalue weighted by atomic mass is 9.96. The molecule has 2 atom stereocenters. The molecule has 0 radical (unpaired) electrons. The van der Waals surface area contributed by atoms with Gasteiger partial charge in [-0.05, 0) is 98.6 Å². The molecule has 1 fully saturated rings. The van der Waals surface area contributed by atoms with Crippen molar-refractivity contribution in [1.29, 1.82) is 0 Å². The van der Waals surface area contributed by atoms with Crippen LogP contribution >= 0.6 is 12.2 Å². The molecule has 0 amide bonds. The maximum Gasteiger partial charge on any atom is 0.229 e. The predicted molar refractivity (Wildman–Crippen MR) is 162 cm³/mol. The molecule has 1 saturated heterocycles. The standard InChI is InChI=1S/C30H33N5O2S2/c1-6-22-11-9-10-19(2)28(22)34-20(3)18-25(21(34)4)29-27(26-12-7-8-17-31-26)32-30(38)35(29)24-15-13-23(14-16-24)33-39(5,36)37/h7-18,27,29,33H,6H2,1-5H3,(H,32,38)/t27-,29+/m1/s1. The van der Waals surface area contributed by atoms with E-state index >= 15 is 0 Å². The minimum absolute atomic E-state index is 0.171. The molecular weight excluding hydrogens is 526 g/mol. The lowest BCUT2D eigenvalue weighted by Crippen LogP contribution is -2.29. The van der Waals surface area contributed by atoms with Crippen molar-refractivity contribution in [2.45, 2.75) is 46.2 Å². The zero-order chi connectivity index (χ0) is 27.9. The monoisotopic (exact) mass is 559 g/mol. The quantitative estimate of drug-likeness (QED) is 0.274. The Morgan fingerprint density at radius 2 is 1.77 bits per heavy atom. The van der Waals surface area contributed by atoms with Crippen LogP contribution in [0, 0.1) is 20.8 Å². The number of nitrogens with one attached hydrogen (secondary N) is 2. The average molecular weight is 560 g/mol. The van der Waals surface area contributed by atoms with E-state index in [-0.39, 0.29) is 12.1 Å². The van der Waals surface area contributed by atoms with E-state index in [1.807, 2.05) is 30.3 Å². The van der Waals surface area contributed by atoms with Crippen LogP contribution in [0.4, 0.5) is 11.4 Å². The van der Waals surface area contributed by atoms with Gasteiger partial charge in [0.15, 0.2) is 5.11 Å². The SMILES string of the molecule is CCc1cccc(C)c1-n1c(C)cc([C@H]2[C@@H](c3ccccn3)NC(=S)N2c2ccc(NS(C)(=O)=O)cc2)c1C. The van der Waals surface area contributed by atoms with E-state index in [1.54, 1.807) is 18.3 Å². The number of pyridine rings is 1. The molecule has 2 N–H and O–H groups in total. The number of thiocarbonyl (C=S) groups is 1. The summed E-state index contributed by atoms with van der Waals surface area (Å²) in [5, 5.41) is 4.12. The van der Waals surface area contributed by atoms with Gasteiger partial charge in [0.05, 0.1) is 29.7 Å². The summed E-state index contributed by atoms with van der Waals surface area (Å²) >= 11 is 5.90. The van der Waals surface area contributed by atoms with Gasteiger partial charge in [0.1, 0.15) is 0 Å². The number of rotatable bonds is 7. The van der Waals surface area contributed by atoms with E-state index < -0.39 is 10.0 Å². The Kier molecular flexibility index (Phi) is 7.22. The van der Waals surface area contributed by atoms with Crippen LogP contribution in [0.15, 0.2) is 72.9 Å². The van der Waals surface area contributed by atoms with E-state index in [9.17, 15) is 8.42 Å². The minimum Gasteiger partial charge on any atom is -0.351 e. The first kappa shape index (κ1) is 26.9. The highest BCUT2D eigenvalue weighted by Gasteiger charge is 2.42. The van der Waals surface area contributed by atoms with Crippen molar-refractivity contribution in [3.05, 3.63) is 107 Å². The van der Waals surface area contributed by atoms with Crippen molar-refractivity contribution >= 4 is 38.7 Å². The fourth-order valence-electron chi connectivity index (χ4n) is 5.61. The number of hydrogen-bond donors (Lipinski definition) is 2. The summed E-state index contributed by atoms with van der Waals surface area (Å²) in [5.74, 6) is 0. The van der Waals surface area contributed by atoms with Crippen LogP contribution in [-0.2, 0) is 16.4 Å². The van der Waals surface area contributed by atoms with Crippen LogP contribution in [0.3, 0.4) is 0 Å². The zero-order valence-electron chi connectivity index (χ0n) is 22.8. The lowest BCUT2D eigenvalue weighted by molar-refractivity contribution is 0.565. The van der Waals surface area contributed by atoms with Gasteiger partial charge in [0.2, 0.25) is 10.0 Å². The number of nitrogens with zero attached hydrogens (tertiary/aromatic N) is 3. The molecule has 5 rings (SSSR count). The summed E-state index contributed by atoms with van der Waals surface area (Å²) in [4.78, 5) is 6.79. The Labute approximate surface area is 235 Å². The maximum absolute atomic E-state index is 11.7. The average Bonchev–Trinajstić information content (AvgIpc) is 3.39. The number of benzene rings is 2. The summed E-state index contributed by atoms with van der Waals surface area (Å²) in [7, 11) is -3.37. The van der Waals surface area contributed by atoms with Crippen LogP contribution in [0.1, 0.15) is 52.8 Å². The van der Waals surface area contributed by atoms with Crippen molar-refractivity contribution < 1.29 is 8.42 Å². The topological polar surface area (TPSA) is 79.3 Å². The normalized spacial score (nSPS) is 17.4. The van der Waals surface area contributed by atoms with Gasteiger partial charge < -0.3 is 14.8 Å². The molecule has 39 heavy (non-hydrogen) atoms. The van der Waals surface area contributed by atoms with Gasteiger partial charge in [-0.1, -0.05) is 31.2 Å². The van der Waals surface area contributed by atoms with Gasteiger partial charge >= 0.3 is 0 Å². The summed E-state index contributed by atoms with van der Waals surface area (Å²) in [6.07, 6.45) is 3.88. The second kappa shape index (κ2) is 10.5. The molecule has 2 aromatic heterocycles. The Bertz CT molecular complexity index is 1630. The highest BCUT2D eigenvalue weighted by molar-refractivity contribution is 7.92. The number of aromatic nitrogens is 2. The molecule has 3 heterocycles. The molecule has 2 aromatic carbocycles. The van der Waals surface area contributed by atoms with E-state index in [0.29, 0.717) is 10.8 Å². The van der Waals surface area contributed by atoms with Crippen LogP contribution in [0.2, 0.25) is 0 Å². The van der Waals surface area contributed by atoms with Crippen molar-refractivity contribution in [1.82, 2.24) is 14.9 Å². The molecule has 202 valence electrons. The summed E-state index contributed by atoms with van der Waals surface area (Å²) in [6.45, 7) is 8.67. The Morgan fingerprint density at radius 3 is 2.41 bits per heavy atom. The Morgan fingerprint density at radius 1 is 1.03 bits per heavy atom. The number of sulfonamides is 1. The first-order chi connectivity index (χ1) is 18.6. The van der Waals surface area contributed by atoms with Crippen molar-refractivity contribution in [3.8, 4) is 5.69 Å². The van der Waals surface area contributed by atoms with E-state index in [4.69, 9.17) is 12.2 Å². The number of anilines is 2.